The Kier molecular flexibility index (Phi) is 5.04. The van der Waals surface area contributed by atoms with Gasteiger partial charge in [-0.25, -0.2) is 0 Å². The fraction of sp³-hybridized carbons (Fsp3) is 0.417. The van der Waals surface area contributed by atoms with Gasteiger partial charge in [-0.1, -0.05) is 6.07 Å². The van der Waals surface area contributed by atoms with Crippen molar-refractivity contribution >= 4 is 17.3 Å². The van der Waals surface area contributed by atoms with Crippen LogP contribution in [0.4, 0.5) is 11.4 Å². The highest BCUT2D eigenvalue weighted by atomic mass is 16.6. The topological polar surface area (TPSA) is 129 Å². The van der Waals surface area contributed by atoms with Crippen LogP contribution in [0.5, 0.6) is 0 Å². The van der Waals surface area contributed by atoms with Gasteiger partial charge in [-0.3, -0.25) is 20.8 Å². The van der Waals surface area contributed by atoms with E-state index in [1.165, 1.54) is 18.2 Å². The summed E-state index contributed by atoms with van der Waals surface area (Å²) in [5, 5.41) is 13.5. The predicted octanol–water partition coefficient (Wildman–Crippen LogP) is 0.0256. The van der Waals surface area contributed by atoms with Gasteiger partial charge >= 0.3 is 0 Å². The molecule has 4 N–H and O–H groups in total. The number of ether oxygens (including phenoxy) is 2. The fourth-order valence-corrected chi connectivity index (χ4v) is 1.99. The molecule has 0 spiro atoms. The van der Waals surface area contributed by atoms with Crippen LogP contribution in [0.3, 0.4) is 0 Å². The fourth-order valence-electron chi connectivity index (χ4n) is 1.99. The number of carbonyl (C=O) groups is 1. The van der Waals surface area contributed by atoms with Crippen LogP contribution in [-0.2, 0) is 9.47 Å². The van der Waals surface area contributed by atoms with Gasteiger partial charge in [-0.15, -0.1) is 0 Å². The van der Waals surface area contributed by atoms with Gasteiger partial charge < -0.3 is 20.2 Å². The van der Waals surface area contributed by atoms with Crippen molar-refractivity contribution in [3.8, 4) is 0 Å². The van der Waals surface area contributed by atoms with Crippen LogP contribution < -0.4 is 16.6 Å². The van der Waals surface area contributed by atoms with Gasteiger partial charge in [-0.05, 0) is 6.07 Å². The zero-order valence-corrected chi connectivity index (χ0v) is 11.2. The summed E-state index contributed by atoms with van der Waals surface area (Å²) in [6.45, 7) is 1.67. The van der Waals surface area contributed by atoms with Crippen molar-refractivity contribution in [1.29, 1.82) is 0 Å². The molecular formula is C12H16N4O5. The van der Waals surface area contributed by atoms with Gasteiger partial charge in [-0.2, -0.15) is 0 Å². The number of nitro groups is 1. The van der Waals surface area contributed by atoms with E-state index in [4.69, 9.17) is 15.3 Å². The second-order valence-electron chi connectivity index (χ2n) is 4.38. The highest BCUT2D eigenvalue weighted by Crippen LogP contribution is 2.27. The van der Waals surface area contributed by atoms with Crippen LogP contribution in [-0.4, -0.2) is 43.3 Å². The third-order valence-corrected chi connectivity index (χ3v) is 3.00. The molecule has 0 aliphatic carbocycles. The summed E-state index contributed by atoms with van der Waals surface area (Å²) >= 11 is 0. The molecular weight excluding hydrogens is 280 g/mol. The minimum Gasteiger partial charge on any atom is -0.376 e. The van der Waals surface area contributed by atoms with Gasteiger partial charge in [0.2, 0.25) is 0 Å². The summed E-state index contributed by atoms with van der Waals surface area (Å²) in [5.74, 6) is 4.82. The van der Waals surface area contributed by atoms with Crippen molar-refractivity contribution < 1.29 is 19.2 Å². The molecule has 0 saturated carbocycles. The summed E-state index contributed by atoms with van der Waals surface area (Å²) in [6.07, 6.45) is -0.226. The third kappa shape index (κ3) is 3.66. The number of nitrogen functional groups attached to an aromatic ring is 1. The molecule has 0 bridgehead atoms. The Hall–Kier alpha value is -2.23. The molecule has 0 radical (unpaired) electrons. The van der Waals surface area contributed by atoms with Crippen LogP contribution >= 0.6 is 0 Å². The lowest BCUT2D eigenvalue weighted by Gasteiger charge is -2.23. The van der Waals surface area contributed by atoms with Crippen LogP contribution in [0, 0.1) is 10.1 Å². The van der Waals surface area contributed by atoms with E-state index in [9.17, 15) is 14.9 Å². The zero-order valence-electron chi connectivity index (χ0n) is 11.2. The van der Waals surface area contributed by atoms with E-state index in [1.807, 2.05) is 0 Å². The average molecular weight is 296 g/mol. The number of anilines is 1. The lowest BCUT2D eigenvalue weighted by Crippen LogP contribution is -2.40. The minimum absolute atomic E-state index is 0.0270. The molecule has 1 fully saturated rings. The average Bonchev–Trinajstić information content (AvgIpc) is 2.52. The third-order valence-electron chi connectivity index (χ3n) is 3.00. The summed E-state index contributed by atoms with van der Waals surface area (Å²) in [5.41, 5.74) is 2.02. The van der Waals surface area contributed by atoms with E-state index in [1.54, 1.807) is 0 Å². The summed E-state index contributed by atoms with van der Waals surface area (Å²) < 4.78 is 10.6. The van der Waals surface area contributed by atoms with Crippen LogP contribution in [0.15, 0.2) is 18.2 Å². The number of hydrazine groups is 1. The lowest BCUT2D eigenvalue weighted by atomic mass is 10.1. The zero-order chi connectivity index (χ0) is 15.2. The number of rotatable bonds is 5. The quantitative estimate of drug-likeness (QED) is 0.397. The molecule has 9 heteroatoms. The standard InChI is InChI=1S/C12H16N4O5/c13-15-11-9(2-1-3-10(11)16(18)19)12(17)14-6-8-7-20-4-5-21-8/h1-3,8,15H,4-7,13H2,(H,14,17). The number of benzene rings is 1. The SMILES string of the molecule is NNc1c(C(=O)NCC2COCCO2)cccc1[N+](=O)[O-]. The molecule has 114 valence electrons. The largest absolute Gasteiger partial charge is 0.376 e. The molecule has 2 rings (SSSR count). The second-order valence-corrected chi connectivity index (χ2v) is 4.38. The first-order valence-corrected chi connectivity index (χ1v) is 6.35. The molecule has 1 atom stereocenters. The Labute approximate surface area is 120 Å². The molecule has 1 aliphatic rings. The molecule has 1 amide bonds. The normalized spacial score (nSPS) is 18.0. The lowest BCUT2D eigenvalue weighted by molar-refractivity contribution is -0.384. The van der Waals surface area contributed by atoms with E-state index in [0.717, 1.165) is 0 Å². The highest BCUT2D eigenvalue weighted by Gasteiger charge is 2.22. The Balaban J connectivity index is 2.07. The summed E-state index contributed by atoms with van der Waals surface area (Å²) in [7, 11) is 0. The van der Waals surface area contributed by atoms with Gasteiger partial charge in [0.05, 0.1) is 36.4 Å². The van der Waals surface area contributed by atoms with Crippen molar-refractivity contribution in [2.75, 3.05) is 31.8 Å². The monoisotopic (exact) mass is 296 g/mol. The van der Waals surface area contributed by atoms with Crippen molar-refractivity contribution in [2.24, 2.45) is 5.84 Å². The van der Waals surface area contributed by atoms with Crippen molar-refractivity contribution in [1.82, 2.24) is 5.32 Å². The number of amides is 1. The smallest absolute Gasteiger partial charge is 0.294 e. The van der Waals surface area contributed by atoms with Crippen molar-refractivity contribution in [3.05, 3.63) is 33.9 Å². The molecule has 1 unspecified atom stereocenters. The number of hydrogen-bond acceptors (Lipinski definition) is 7. The molecule has 0 aromatic heterocycles. The van der Waals surface area contributed by atoms with Crippen molar-refractivity contribution in [2.45, 2.75) is 6.10 Å². The van der Waals surface area contributed by atoms with Crippen LogP contribution in [0.25, 0.3) is 0 Å². The first-order valence-electron chi connectivity index (χ1n) is 6.35. The number of nitrogens with zero attached hydrogens (tertiary/aromatic N) is 1. The van der Waals surface area contributed by atoms with E-state index in [2.05, 4.69) is 10.7 Å². The van der Waals surface area contributed by atoms with Gasteiger partial charge in [0.1, 0.15) is 5.69 Å². The van der Waals surface area contributed by atoms with E-state index < -0.39 is 10.8 Å². The second kappa shape index (κ2) is 6.97. The van der Waals surface area contributed by atoms with E-state index in [0.29, 0.717) is 19.8 Å². The molecule has 21 heavy (non-hydrogen) atoms. The molecule has 1 saturated heterocycles. The van der Waals surface area contributed by atoms with E-state index >= 15 is 0 Å². The number of hydrogen-bond donors (Lipinski definition) is 3. The molecule has 9 nitrogen and oxygen atoms in total. The Morgan fingerprint density at radius 1 is 1.48 bits per heavy atom. The summed E-state index contributed by atoms with van der Waals surface area (Å²) in [4.78, 5) is 22.4. The maximum atomic E-state index is 12.1. The Morgan fingerprint density at radius 2 is 2.29 bits per heavy atom. The van der Waals surface area contributed by atoms with E-state index in [-0.39, 0.29) is 29.6 Å². The highest BCUT2D eigenvalue weighted by molar-refractivity contribution is 6.01. The number of nitro benzene ring substituents is 1. The number of para-hydroxylation sites is 1. The van der Waals surface area contributed by atoms with Crippen LogP contribution in [0.1, 0.15) is 10.4 Å². The van der Waals surface area contributed by atoms with Crippen molar-refractivity contribution in [3.63, 3.8) is 0 Å². The summed E-state index contributed by atoms with van der Waals surface area (Å²) in [6, 6.07) is 4.15. The van der Waals surface area contributed by atoms with Gasteiger partial charge in [0.15, 0.2) is 0 Å². The number of nitrogens with two attached hydrogens (primary N) is 1. The maximum absolute atomic E-state index is 12.1. The number of carbonyl (C=O) groups excluding carboxylic acids is 1. The first kappa shape index (κ1) is 15.2. The molecule has 1 heterocycles. The first-order chi connectivity index (χ1) is 10.1. The molecule has 1 aliphatic heterocycles. The maximum Gasteiger partial charge on any atom is 0.294 e. The Morgan fingerprint density at radius 3 is 2.90 bits per heavy atom. The minimum atomic E-state index is -0.607. The number of nitrogens with one attached hydrogen (secondary N) is 2. The predicted molar refractivity (Wildman–Crippen MR) is 73.8 cm³/mol. The van der Waals surface area contributed by atoms with Crippen LogP contribution in [0.2, 0.25) is 0 Å². The molecule has 1 aromatic carbocycles. The Bertz CT molecular complexity index is 530. The molecule has 1 aromatic rings. The van der Waals surface area contributed by atoms with Gasteiger partial charge in [0.25, 0.3) is 11.6 Å². The van der Waals surface area contributed by atoms with Gasteiger partial charge in [0, 0.05) is 12.6 Å².